The number of amides is 1. The molecule has 0 radical (unpaired) electrons. The fraction of sp³-hybridized carbons (Fsp3) is 0.462. The largest absolute Gasteiger partial charge is 0.469 e. The van der Waals surface area contributed by atoms with Gasteiger partial charge in [0.25, 0.3) is 5.91 Å². The van der Waals surface area contributed by atoms with Crippen molar-refractivity contribution in [1.29, 1.82) is 0 Å². The van der Waals surface area contributed by atoms with Gasteiger partial charge in [0.2, 0.25) is 5.95 Å². The van der Waals surface area contributed by atoms with Gasteiger partial charge in [-0.15, -0.1) is 0 Å². The number of hydrogen-bond donors (Lipinski definition) is 0. The van der Waals surface area contributed by atoms with E-state index < -0.39 is 17.8 Å². The van der Waals surface area contributed by atoms with Crippen LogP contribution in [0.1, 0.15) is 16.9 Å². The lowest BCUT2D eigenvalue weighted by Crippen LogP contribution is -2.36. The van der Waals surface area contributed by atoms with Crippen molar-refractivity contribution in [2.45, 2.75) is 6.42 Å². The predicted octanol–water partition coefficient (Wildman–Crippen LogP) is 0.872. The van der Waals surface area contributed by atoms with Gasteiger partial charge in [-0.3, -0.25) is 9.59 Å². The van der Waals surface area contributed by atoms with Crippen molar-refractivity contribution in [2.75, 3.05) is 33.9 Å². The summed E-state index contributed by atoms with van der Waals surface area (Å²) in [4.78, 5) is 28.2. The van der Waals surface area contributed by atoms with E-state index in [0.717, 1.165) is 6.07 Å². The molecule has 20 heavy (non-hydrogen) atoms. The van der Waals surface area contributed by atoms with Gasteiger partial charge in [-0.05, 0) is 12.1 Å². The minimum atomic E-state index is -0.726. The van der Waals surface area contributed by atoms with Crippen LogP contribution in [0.5, 0.6) is 0 Å². The van der Waals surface area contributed by atoms with E-state index >= 15 is 0 Å². The van der Waals surface area contributed by atoms with Gasteiger partial charge in [-0.1, -0.05) is 6.07 Å². The SMILES string of the molecule is COCCN(CCC(=O)OC)C(=O)c1cccc(F)n1. The third-order valence-corrected chi connectivity index (χ3v) is 2.60. The van der Waals surface area contributed by atoms with Gasteiger partial charge >= 0.3 is 5.97 Å². The van der Waals surface area contributed by atoms with Gasteiger partial charge in [-0.2, -0.15) is 4.39 Å². The highest BCUT2D eigenvalue weighted by molar-refractivity contribution is 5.92. The molecule has 1 amide bonds. The van der Waals surface area contributed by atoms with Crippen LogP contribution in [0.3, 0.4) is 0 Å². The number of halogens is 1. The van der Waals surface area contributed by atoms with Crippen molar-refractivity contribution in [3.8, 4) is 0 Å². The molecule has 1 heterocycles. The van der Waals surface area contributed by atoms with Crippen LogP contribution >= 0.6 is 0 Å². The Hall–Kier alpha value is -2.02. The molecule has 0 aliphatic carbocycles. The molecule has 0 N–H and O–H groups in total. The van der Waals surface area contributed by atoms with E-state index in [0.29, 0.717) is 6.61 Å². The second-order valence-electron chi connectivity index (χ2n) is 3.96. The van der Waals surface area contributed by atoms with Crippen LogP contribution in [0.4, 0.5) is 4.39 Å². The van der Waals surface area contributed by atoms with E-state index in [4.69, 9.17) is 4.74 Å². The molecule has 110 valence electrons. The minimum Gasteiger partial charge on any atom is -0.469 e. The number of ether oxygens (including phenoxy) is 2. The number of aromatic nitrogens is 1. The first-order valence-corrected chi connectivity index (χ1v) is 6.06. The Morgan fingerprint density at radius 2 is 2.05 bits per heavy atom. The fourth-order valence-corrected chi connectivity index (χ4v) is 1.53. The summed E-state index contributed by atoms with van der Waals surface area (Å²) in [5.41, 5.74) is -0.00836. The normalized spacial score (nSPS) is 10.2. The van der Waals surface area contributed by atoms with Crippen molar-refractivity contribution >= 4 is 11.9 Å². The van der Waals surface area contributed by atoms with Crippen LogP contribution in [0.2, 0.25) is 0 Å². The standard InChI is InChI=1S/C13H17FN2O4/c1-19-9-8-16(7-6-12(17)20-2)13(18)10-4-3-5-11(14)15-10/h3-5H,6-9H2,1-2H3. The number of rotatable bonds is 7. The first-order valence-electron chi connectivity index (χ1n) is 6.06. The molecule has 6 nitrogen and oxygen atoms in total. The van der Waals surface area contributed by atoms with Crippen LogP contribution < -0.4 is 0 Å². The molecule has 1 rings (SSSR count). The van der Waals surface area contributed by atoms with E-state index in [1.54, 1.807) is 0 Å². The lowest BCUT2D eigenvalue weighted by Gasteiger charge is -2.21. The smallest absolute Gasteiger partial charge is 0.307 e. The topological polar surface area (TPSA) is 68.7 Å². The molecule has 0 saturated carbocycles. The second-order valence-corrected chi connectivity index (χ2v) is 3.96. The number of methoxy groups -OCH3 is 2. The maximum atomic E-state index is 13.0. The molecule has 0 fully saturated rings. The second kappa shape index (κ2) is 8.21. The zero-order valence-corrected chi connectivity index (χ0v) is 11.5. The van der Waals surface area contributed by atoms with Crippen LogP contribution in [0.15, 0.2) is 18.2 Å². The predicted molar refractivity (Wildman–Crippen MR) is 68.6 cm³/mol. The van der Waals surface area contributed by atoms with Gasteiger partial charge < -0.3 is 14.4 Å². The highest BCUT2D eigenvalue weighted by atomic mass is 19.1. The van der Waals surface area contributed by atoms with E-state index in [2.05, 4.69) is 9.72 Å². The van der Waals surface area contributed by atoms with Gasteiger partial charge in [0.1, 0.15) is 5.69 Å². The summed E-state index contributed by atoms with van der Waals surface area (Å²) >= 11 is 0. The Bertz CT molecular complexity index is 467. The fourth-order valence-electron chi connectivity index (χ4n) is 1.53. The third-order valence-electron chi connectivity index (χ3n) is 2.60. The minimum absolute atomic E-state index is 0.00836. The number of nitrogens with zero attached hydrogens (tertiary/aromatic N) is 2. The molecule has 0 aromatic carbocycles. The molecular weight excluding hydrogens is 267 g/mol. The van der Waals surface area contributed by atoms with Crippen molar-refractivity contribution in [3.63, 3.8) is 0 Å². The highest BCUT2D eigenvalue weighted by Gasteiger charge is 2.18. The molecule has 0 bridgehead atoms. The van der Waals surface area contributed by atoms with E-state index in [-0.39, 0.29) is 25.2 Å². The summed E-state index contributed by atoms with van der Waals surface area (Å²) in [5.74, 6) is -1.60. The molecule has 0 spiro atoms. The molecule has 0 atom stereocenters. The summed E-state index contributed by atoms with van der Waals surface area (Å²) < 4.78 is 22.5. The lowest BCUT2D eigenvalue weighted by atomic mass is 10.3. The first-order chi connectivity index (χ1) is 9.58. The average molecular weight is 284 g/mol. The van der Waals surface area contributed by atoms with Gasteiger partial charge in [0.15, 0.2) is 0 Å². The van der Waals surface area contributed by atoms with Crippen molar-refractivity contribution in [3.05, 3.63) is 29.8 Å². The molecule has 0 aliphatic rings. The van der Waals surface area contributed by atoms with Gasteiger partial charge in [0.05, 0.1) is 20.1 Å². The van der Waals surface area contributed by atoms with Gasteiger partial charge in [0, 0.05) is 20.2 Å². The van der Waals surface area contributed by atoms with Crippen molar-refractivity contribution in [2.24, 2.45) is 0 Å². The summed E-state index contributed by atoms with van der Waals surface area (Å²) in [5, 5.41) is 0. The molecule has 0 aliphatic heterocycles. The Labute approximate surface area is 116 Å². The molecular formula is C13H17FN2O4. The molecule has 1 aromatic heterocycles. The maximum Gasteiger partial charge on any atom is 0.307 e. The maximum absolute atomic E-state index is 13.0. The molecule has 1 aromatic rings. The van der Waals surface area contributed by atoms with Crippen LogP contribution in [0.25, 0.3) is 0 Å². The number of carbonyl (C=O) groups excluding carboxylic acids is 2. The van der Waals surface area contributed by atoms with Crippen molar-refractivity contribution in [1.82, 2.24) is 9.88 Å². The number of esters is 1. The monoisotopic (exact) mass is 284 g/mol. The van der Waals surface area contributed by atoms with E-state index in [1.807, 2.05) is 0 Å². The number of pyridine rings is 1. The van der Waals surface area contributed by atoms with E-state index in [1.165, 1.54) is 31.3 Å². The van der Waals surface area contributed by atoms with E-state index in [9.17, 15) is 14.0 Å². The number of hydrogen-bond acceptors (Lipinski definition) is 5. The summed E-state index contributed by atoms with van der Waals surface area (Å²) in [7, 11) is 2.78. The zero-order valence-electron chi connectivity index (χ0n) is 11.5. The Morgan fingerprint density at radius 3 is 2.65 bits per heavy atom. The Morgan fingerprint density at radius 1 is 1.30 bits per heavy atom. The quantitative estimate of drug-likeness (QED) is 0.549. The lowest BCUT2D eigenvalue weighted by molar-refractivity contribution is -0.140. The third kappa shape index (κ3) is 4.93. The van der Waals surface area contributed by atoms with Gasteiger partial charge in [-0.25, -0.2) is 4.98 Å². The molecule has 0 saturated heterocycles. The number of carbonyl (C=O) groups is 2. The summed E-state index contributed by atoms with van der Waals surface area (Å²) in [6, 6.07) is 3.98. The Balaban J connectivity index is 2.75. The van der Waals surface area contributed by atoms with Crippen molar-refractivity contribution < 1.29 is 23.5 Å². The van der Waals surface area contributed by atoms with Crippen LogP contribution in [-0.4, -0.2) is 55.7 Å². The summed E-state index contributed by atoms with van der Waals surface area (Å²) in [6.45, 7) is 0.750. The highest BCUT2D eigenvalue weighted by Crippen LogP contribution is 2.05. The van der Waals surface area contributed by atoms with Crippen LogP contribution in [0, 0.1) is 5.95 Å². The van der Waals surface area contributed by atoms with Crippen LogP contribution in [-0.2, 0) is 14.3 Å². The average Bonchev–Trinajstić information content (AvgIpc) is 2.46. The summed E-state index contributed by atoms with van der Waals surface area (Å²) in [6.07, 6.45) is 0.0568. The Kier molecular flexibility index (Phi) is 6.58. The zero-order chi connectivity index (χ0) is 15.0. The first kappa shape index (κ1) is 16.0. The molecule has 0 unspecified atom stereocenters. The molecule has 7 heteroatoms.